The number of nitrogens with zero attached hydrogens (tertiary/aromatic N) is 1. The van der Waals surface area contributed by atoms with Crippen LogP contribution in [0.2, 0.25) is 0 Å². The molecule has 108 valence electrons. The Kier molecular flexibility index (Phi) is 4.17. The van der Waals surface area contributed by atoms with E-state index < -0.39 is 6.36 Å². The van der Waals surface area contributed by atoms with Crippen LogP contribution in [0.5, 0.6) is 5.75 Å². The Bertz CT molecular complexity index is 566. The number of alkyl halides is 3. The maximum atomic E-state index is 12.0. The van der Waals surface area contributed by atoms with Crippen molar-refractivity contribution >= 4 is 17.0 Å². The van der Waals surface area contributed by atoms with E-state index in [1.54, 1.807) is 11.3 Å². The van der Waals surface area contributed by atoms with Crippen LogP contribution in [0.15, 0.2) is 29.6 Å². The molecular weight excluding hydrogens is 289 g/mol. The zero-order valence-corrected chi connectivity index (χ0v) is 11.7. The molecule has 1 N–H and O–H groups in total. The molecule has 3 nitrogen and oxygen atoms in total. The fourth-order valence-corrected chi connectivity index (χ4v) is 2.36. The molecule has 0 aliphatic carbocycles. The summed E-state index contributed by atoms with van der Waals surface area (Å²) >= 11 is 1.56. The van der Waals surface area contributed by atoms with Crippen LogP contribution in [-0.2, 0) is 0 Å². The standard InChI is InChI=1S/C13H13F3N2OS/c1-8(12-7-20-9(2)18-12)17-10-3-5-11(6-4-10)19-13(14,15)16/h3-8,17H,1-2H3. The summed E-state index contributed by atoms with van der Waals surface area (Å²) in [6, 6.07) is 5.60. The molecule has 1 heterocycles. The number of anilines is 1. The smallest absolute Gasteiger partial charge is 0.406 e. The third-order valence-corrected chi connectivity index (χ3v) is 3.34. The van der Waals surface area contributed by atoms with Crippen molar-refractivity contribution in [1.29, 1.82) is 0 Å². The molecule has 1 aromatic carbocycles. The second-order valence-corrected chi connectivity index (χ2v) is 5.29. The van der Waals surface area contributed by atoms with Gasteiger partial charge in [-0.15, -0.1) is 24.5 Å². The first-order valence-electron chi connectivity index (χ1n) is 5.88. The summed E-state index contributed by atoms with van der Waals surface area (Å²) in [4.78, 5) is 4.36. The van der Waals surface area contributed by atoms with E-state index in [1.807, 2.05) is 19.2 Å². The fraction of sp³-hybridized carbons (Fsp3) is 0.308. The number of thiazole rings is 1. The first kappa shape index (κ1) is 14.6. The van der Waals surface area contributed by atoms with Gasteiger partial charge in [-0.3, -0.25) is 0 Å². The van der Waals surface area contributed by atoms with Crippen molar-refractivity contribution in [2.45, 2.75) is 26.3 Å². The van der Waals surface area contributed by atoms with Crippen LogP contribution in [0.1, 0.15) is 23.7 Å². The lowest BCUT2D eigenvalue weighted by atomic mass is 10.2. The van der Waals surface area contributed by atoms with Crippen LogP contribution in [0.4, 0.5) is 18.9 Å². The summed E-state index contributed by atoms with van der Waals surface area (Å²) in [5.41, 5.74) is 1.61. The minimum Gasteiger partial charge on any atom is -0.406 e. The highest BCUT2D eigenvalue weighted by molar-refractivity contribution is 7.09. The van der Waals surface area contributed by atoms with E-state index in [9.17, 15) is 13.2 Å². The number of halogens is 3. The molecule has 0 amide bonds. The Morgan fingerprint density at radius 3 is 2.40 bits per heavy atom. The van der Waals surface area contributed by atoms with Crippen LogP contribution in [0.25, 0.3) is 0 Å². The summed E-state index contributed by atoms with van der Waals surface area (Å²) in [5.74, 6) is -0.236. The Morgan fingerprint density at radius 2 is 1.90 bits per heavy atom. The lowest BCUT2D eigenvalue weighted by Crippen LogP contribution is -2.17. The molecule has 0 radical (unpaired) electrons. The van der Waals surface area contributed by atoms with E-state index in [-0.39, 0.29) is 11.8 Å². The lowest BCUT2D eigenvalue weighted by Gasteiger charge is -2.14. The highest BCUT2D eigenvalue weighted by Crippen LogP contribution is 2.26. The maximum Gasteiger partial charge on any atom is 0.573 e. The van der Waals surface area contributed by atoms with Gasteiger partial charge in [0.1, 0.15) is 5.75 Å². The Labute approximate surface area is 118 Å². The molecule has 0 saturated carbocycles. The number of aryl methyl sites for hydroxylation is 1. The lowest BCUT2D eigenvalue weighted by molar-refractivity contribution is -0.274. The van der Waals surface area contributed by atoms with Crippen molar-refractivity contribution in [3.8, 4) is 5.75 Å². The molecule has 1 atom stereocenters. The third-order valence-electron chi connectivity index (χ3n) is 2.55. The number of nitrogens with one attached hydrogen (secondary N) is 1. The molecule has 1 unspecified atom stereocenters. The number of hydrogen-bond acceptors (Lipinski definition) is 4. The van der Waals surface area contributed by atoms with Gasteiger partial charge in [-0.25, -0.2) is 4.98 Å². The van der Waals surface area contributed by atoms with E-state index in [2.05, 4.69) is 15.0 Å². The molecule has 0 saturated heterocycles. The van der Waals surface area contributed by atoms with E-state index >= 15 is 0 Å². The Balaban J connectivity index is 2.00. The molecule has 7 heteroatoms. The molecule has 1 aromatic heterocycles. The molecule has 0 aliphatic heterocycles. The highest BCUT2D eigenvalue weighted by Gasteiger charge is 2.30. The summed E-state index contributed by atoms with van der Waals surface area (Å²) < 4.78 is 39.9. The van der Waals surface area contributed by atoms with Gasteiger partial charge in [0.2, 0.25) is 0 Å². The minimum atomic E-state index is -4.67. The van der Waals surface area contributed by atoms with Gasteiger partial charge in [-0.05, 0) is 38.1 Å². The predicted molar refractivity (Wildman–Crippen MR) is 72.0 cm³/mol. The van der Waals surface area contributed by atoms with Gasteiger partial charge < -0.3 is 10.1 Å². The van der Waals surface area contributed by atoms with Crippen molar-refractivity contribution in [3.05, 3.63) is 40.3 Å². The van der Waals surface area contributed by atoms with Gasteiger partial charge in [0.25, 0.3) is 0 Å². The highest BCUT2D eigenvalue weighted by atomic mass is 32.1. The van der Waals surface area contributed by atoms with Crippen molar-refractivity contribution in [2.75, 3.05) is 5.32 Å². The van der Waals surface area contributed by atoms with Gasteiger partial charge in [-0.1, -0.05) is 0 Å². The quantitative estimate of drug-likeness (QED) is 0.901. The molecule has 2 aromatic rings. The maximum absolute atomic E-state index is 12.0. The van der Waals surface area contributed by atoms with Crippen LogP contribution >= 0.6 is 11.3 Å². The SMILES string of the molecule is Cc1nc(C(C)Nc2ccc(OC(F)(F)F)cc2)cs1. The van der Waals surface area contributed by atoms with Gasteiger partial charge in [-0.2, -0.15) is 0 Å². The van der Waals surface area contributed by atoms with Crippen LogP contribution in [0.3, 0.4) is 0 Å². The minimum absolute atomic E-state index is 0.0191. The average Bonchev–Trinajstić information content (AvgIpc) is 2.77. The first-order chi connectivity index (χ1) is 9.33. The molecule has 2 rings (SSSR count). The number of hydrogen-bond donors (Lipinski definition) is 1. The summed E-state index contributed by atoms with van der Waals surface area (Å²) in [6.07, 6.45) is -4.67. The number of rotatable bonds is 4. The van der Waals surface area contributed by atoms with Gasteiger partial charge in [0.15, 0.2) is 0 Å². The number of ether oxygens (including phenoxy) is 1. The molecule has 0 spiro atoms. The average molecular weight is 302 g/mol. The predicted octanol–water partition coefficient (Wildman–Crippen LogP) is 4.52. The second kappa shape index (κ2) is 5.70. The van der Waals surface area contributed by atoms with Crippen LogP contribution in [0, 0.1) is 6.92 Å². The first-order valence-corrected chi connectivity index (χ1v) is 6.76. The largest absolute Gasteiger partial charge is 0.573 e. The fourth-order valence-electron chi connectivity index (χ4n) is 1.66. The van der Waals surface area contributed by atoms with Crippen molar-refractivity contribution in [3.63, 3.8) is 0 Å². The van der Waals surface area contributed by atoms with Gasteiger partial charge in [0.05, 0.1) is 16.7 Å². The molecule has 0 aliphatic rings. The van der Waals surface area contributed by atoms with Crippen LogP contribution in [-0.4, -0.2) is 11.3 Å². The monoisotopic (exact) mass is 302 g/mol. The van der Waals surface area contributed by atoms with Crippen LogP contribution < -0.4 is 10.1 Å². The van der Waals surface area contributed by atoms with Crippen molar-refractivity contribution in [1.82, 2.24) is 4.98 Å². The summed E-state index contributed by atoms with van der Waals surface area (Å²) in [5, 5.41) is 6.10. The topological polar surface area (TPSA) is 34.2 Å². The van der Waals surface area contributed by atoms with E-state index in [0.717, 1.165) is 10.7 Å². The van der Waals surface area contributed by atoms with E-state index in [4.69, 9.17) is 0 Å². The summed E-state index contributed by atoms with van der Waals surface area (Å²) in [6.45, 7) is 3.86. The van der Waals surface area contributed by atoms with E-state index in [1.165, 1.54) is 24.3 Å². The molecule has 20 heavy (non-hydrogen) atoms. The Morgan fingerprint density at radius 1 is 1.25 bits per heavy atom. The van der Waals surface area contributed by atoms with Crippen molar-refractivity contribution < 1.29 is 17.9 Å². The Hall–Kier alpha value is -1.76. The van der Waals surface area contributed by atoms with Crippen molar-refractivity contribution in [2.24, 2.45) is 0 Å². The zero-order chi connectivity index (χ0) is 14.8. The number of aromatic nitrogens is 1. The molecule has 0 bridgehead atoms. The normalized spacial score (nSPS) is 13.1. The third kappa shape index (κ3) is 4.12. The zero-order valence-electron chi connectivity index (χ0n) is 10.9. The van der Waals surface area contributed by atoms with E-state index in [0.29, 0.717) is 5.69 Å². The molecule has 0 fully saturated rings. The van der Waals surface area contributed by atoms with Gasteiger partial charge in [0, 0.05) is 11.1 Å². The number of benzene rings is 1. The second-order valence-electron chi connectivity index (χ2n) is 4.23. The molecular formula is C13H13F3N2OS. The van der Waals surface area contributed by atoms with Gasteiger partial charge >= 0.3 is 6.36 Å². The summed E-state index contributed by atoms with van der Waals surface area (Å²) in [7, 11) is 0.